The van der Waals surface area contributed by atoms with Crippen molar-refractivity contribution < 1.29 is 9.13 Å². The highest BCUT2D eigenvalue weighted by molar-refractivity contribution is 5.69. The number of rotatable bonds is 6. The minimum atomic E-state index is -0.267. The molecule has 0 aliphatic carbocycles. The van der Waals surface area contributed by atoms with Crippen LogP contribution in [0.4, 0.5) is 10.2 Å². The lowest BCUT2D eigenvalue weighted by atomic mass is 10.2. The lowest BCUT2D eigenvalue weighted by molar-refractivity contribution is 0.305. The number of hydrogen-bond donors (Lipinski definition) is 1. The van der Waals surface area contributed by atoms with Gasteiger partial charge in [-0.25, -0.2) is 14.1 Å². The fourth-order valence-electron chi connectivity index (χ4n) is 2.80. The molecule has 0 unspecified atom stereocenters. The summed E-state index contributed by atoms with van der Waals surface area (Å²) >= 11 is 0. The van der Waals surface area contributed by atoms with Crippen molar-refractivity contribution in [2.75, 3.05) is 5.73 Å². The molecule has 0 amide bonds. The van der Waals surface area contributed by atoms with Gasteiger partial charge in [0.15, 0.2) is 0 Å². The Morgan fingerprint density at radius 3 is 2.64 bits per heavy atom. The van der Waals surface area contributed by atoms with Gasteiger partial charge in [0.05, 0.1) is 12.7 Å². The lowest BCUT2D eigenvalue weighted by Gasteiger charge is -2.07. The zero-order valence-corrected chi connectivity index (χ0v) is 15.0. The summed E-state index contributed by atoms with van der Waals surface area (Å²) in [6.07, 6.45) is 3.48. The number of ether oxygens (including phenoxy) is 1. The van der Waals surface area contributed by atoms with Crippen LogP contribution in [0.15, 0.2) is 73.1 Å². The number of nitrogen functional groups attached to an aromatic ring is 1. The molecule has 4 rings (SSSR count). The van der Waals surface area contributed by atoms with Crippen molar-refractivity contribution in [1.82, 2.24) is 20.0 Å². The zero-order valence-electron chi connectivity index (χ0n) is 15.0. The highest BCUT2D eigenvalue weighted by Crippen LogP contribution is 2.21. The van der Waals surface area contributed by atoms with Gasteiger partial charge >= 0.3 is 0 Å². The maximum Gasteiger partial charge on any atom is 0.132 e. The highest BCUT2D eigenvalue weighted by atomic mass is 19.1. The number of hydrogen-bond acceptors (Lipinski definition) is 5. The molecule has 6 nitrogen and oxygen atoms in total. The molecule has 0 bridgehead atoms. The van der Waals surface area contributed by atoms with E-state index >= 15 is 0 Å². The average molecular weight is 375 g/mol. The van der Waals surface area contributed by atoms with Crippen LogP contribution < -0.4 is 10.5 Å². The van der Waals surface area contributed by atoms with Crippen molar-refractivity contribution in [3.8, 4) is 17.0 Å². The van der Waals surface area contributed by atoms with Crippen molar-refractivity contribution in [3.05, 3.63) is 90.0 Å². The molecule has 0 atom stereocenters. The second kappa shape index (κ2) is 7.87. The number of nitrogens with zero attached hydrogens (tertiary/aromatic N) is 4. The van der Waals surface area contributed by atoms with Crippen LogP contribution in [-0.2, 0) is 13.2 Å². The van der Waals surface area contributed by atoms with Gasteiger partial charge in [-0.15, -0.1) is 5.10 Å². The van der Waals surface area contributed by atoms with E-state index < -0.39 is 0 Å². The Hall–Kier alpha value is -3.74. The van der Waals surface area contributed by atoms with Crippen molar-refractivity contribution in [2.45, 2.75) is 13.2 Å². The van der Waals surface area contributed by atoms with Gasteiger partial charge in [-0.3, -0.25) is 0 Å². The van der Waals surface area contributed by atoms with E-state index in [4.69, 9.17) is 10.5 Å². The molecule has 0 saturated heterocycles. The molecule has 0 spiro atoms. The van der Waals surface area contributed by atoms with Gasteiger partial charge in [0.25, 0.3) is 0 Å². The number of nitrogens with two attached hydrogens (primary N) is 1. The summed E-state index contributed by atoms with van der Waals surface area (Å²) in [7, 11) is 0. The molecule has 2 heterocycles. The normalized spacial score (nSPS) is 10.8. The molecule has 2 N–H and O–H groups in total. The summed E-state index contributed by atoms with van der Waals surface area (Å²) < 4.78 is 20.7. The van der Waals surface area contributed by atoms with Crippen LogP contribution in [0.5, 0.6) is 5.75 Å². The zero-order chi connectivity index (χ0) is 19.3. The third-order valence-electron chi connectivity index (χ3n) is 4.22. The predicted molar refractivity (Wildman–Crippen MR) is 104 cm³/mol. The van der Waals surface area contributed by atoms with Crippen molar-refractivity contribution >= 4 is 5.82 Å². The van der Waals surface area contributed by atoms with E-state index in [0.717, 1.165) is 22.4 Å². The number of anilines is 1. The molecule has 140 valence electrons. The summed E-state index contributed by atoms with van der Waals surface area (Å²) in [5, 5.41) is 8.32. The van der Waals surface area contributed by atoms with E-state index in [1.807, 2.05) is 48.7 Å². The second-order valence-electron chi connectivity index (χ2n) is 6.30. The van der Waals surface area contributed by atoms with E-state index in [1.165, 1.54) is 12.1 Å². The first-order valence-electron chi connectivity index (χ1n) is 8.74. The maximum atomic E-state index is 13.2. The standard InChI is InChI=1S/C21H18FN5O/c22-17-4-1-3-16(11-17)14-28-18-8-6-15(7-9-18)12-27-13-20(25-26-27)19-5-2-10-24-21(19)23/h1-11,13H,12,14H2,(H2,23,24). The fraction of sp³-hybridized carbons (Fsp3) is 0.0952. The van der Waals surface area contributed by atoms with Crippen molar-refractivity contribution in [3.63, 3.8) is 0 Å². The molecule has 2 aromatic heterocycles. The van der Waals surface area contributed by atoms with E-state index in [1.54, 1.807) is 16.9 Å². The maximum absolute atomic E-state index is 13.2. The molecule has 0 saturated carbocycles. The molecule has 0 aliphatic heterocycles. The summed E-state index contributed by atoms with van der Waals surface area (Å²) in [5.41, 5.74) is 9.16. The van der Waals surface area contributed by atoms with Gasteiger partial charge in [0, 0.05) is 11.8 Å². The predicted octanol–water partition coefficient (Wildman–Crippen LogP) is 3.69. The third kappa shape index (κ3) is 4.15. The van der Waals surface area contributed by atoms with Crippen LogP contribution in [0, 0.1) is 5.82 Å². The van der Waals surface area contributed by atoms with Crippen LogP contribution in [0.1, 0.15) is 11.1 Å². The molecule has 0 radical (unpaired) electrons. The highest BCUT2D eigenvalue weighted by Gasteiger charge is 2.08. The Kier molecular flexibility index (Phi) is 4.97. The van der Waals surface area contributed by atoms with Crippen LogP contribution in [0.3, 0.4) is 0 Å². The van der Waals surface area contributed by atoms with E-state index in [2.05, 4.69) is 15.3 Å². The van der Waals surface area contributed by atoms with E-state index in [9.17, 15) is 4.39 Å². The minimum Gasteiger partial charge on any atom is -0.489 e. The van der Waals surface area contributed by atoms with Crippen LogP contribution >= 0.6 is 0 Å². The first-order valence-corrected chi connectivity index (χ1v) is 8.74. The SMILES string of the molecule is Nc1ncccc1-c1cn(Cc2ccc(OCc3cccc(F)c3)cc2)nn1. The molecule has 0 aliphatic rings. The van der Waals surface area contributed by atoms with Gasteiger partial charge < -0.3 is 10.5 Å². The molecular formula is C21H18FN5O. The Balaban J connectivity index is 1.39. The molecule has 4 aromatic rings. The number of aromatic nitrogens is 4. The summed E-state index contributed by atoms with van der Waals surface area (Å²) in [6.45, 7) is 0.882. The van der Waals surface area contributed by atoms with Crippen LogP contribution in [-0.4, -0.2) is 20.0 Å². The fourth-order valence-corrected chi connectivity index (χ4v) is 2.80. The number of pyridine rings is 1. The molecule has 28 heavy (non-hydrogen) atoms. The van der Waals surface area contributed by atoms with Crippen molar-refractivity contribution in [1.29, 1.82) is 0 Å². The number of halogens is 1. The smallest absolute Gasteiger partial charge is 0.132 e. The molecule has 2 aromatic carbocycles. The summed E-state index contributed by atoms with van der Waals surface area (Å²) in [6, 6.07) is 17.7. The van der Waals surface area contributed by atoms with Gasteiger partial charge in [-0.1, -0.05) is 29.5 Å². The average Bonchev–Trinajstić information content (AvgIpc) is 3.16. The topological polar surface area (TPSA) is 78.8 Å². The Morgan fingerprint density at radius 1 is 1.00 bits per heavy atom. The third-order valence-corrected chi connectivity index (χ3v) is 4.22. The van der Waals surface area contributed by atoms with Crippen molar-refractivity contribution in [2.24, 2.45) is 0 Å². The minimum absolute atomic E-state index is 0.267. The Labute approximate surface area is 161 Å². The molecule has 0 fully saturated rings. The van der Waals surface area contributed by atoms with Crippen LogP contribution in [0.25, 0.3) is 11.3 Å². The first-order chi connectivity index (χ1) is 13.7. The Morgan fingerprint density at radius 2 is 1.86 bits per heavy atom. The van der Waals surface area contributed by atoms with E-state index in [0.29, 0.717) is 24.7 Å². The second-order valence-corrected chi connectivity index (χ2v) is 6.30. The van der Waals surface area contributed by atoms with Gasteiger partial charge in [-0.2, -0.15) is 0 Å². The number of benzene rings is 2. The quantitative estimate of drug-likeness (QED) is 0.556. The van der Waals surface area contributed by atoms with Gasteiger partial charge in [0.2, 0.25) is 0 Å². The monoisotopic (exact) mass is 375 g/mol. The van der Waals surface area contributed by atoms with Gasteiger partial charge in [0.1, 0.15) is 29.7 Å². The van der Waals surface area contributed by atoms with Crippen LogP contribution in [0.2, 0.25) is 0 Å². The Bertz CT molecular complexity index is 1080. The first kappa shape index (κ1) is 17.7. The van der Waals surface area contributed by atoms with E-state index in [-0.39, 0.29) is 5.82 Å². The summed E-state index contributed by atoms with van der Waals surface area (Å²) in [5.74, 6) is 0.876. The summed E-state index contributed by atoms with van der Waals surface area (Å²) in [4.78, 5) is 4.07. The van der Waals surface area contributed by atoms with Gasteiger partial charge in [-0.05, 0) is 47.5 Å². The molecular weight excluding hydrogens is 357 g/mol. The molecule has 7 heteroatoms. The lowest BCUT2D eigenvalue weighted by Crippen LogP contribution is -2.01. The largest absolute Gasteiger partial charge is 0.489 e.